The summed E-state index contributed by atoms with van der Waals surface area (Å²) in [5.74, 6) is 1.50. The molecule has 2 rings (SSSR count). The second-order valence-electron chi connectivity index (χ2n) is 4.64. The van der Waals surface area contributed by atoms with Crippen molar-refractivity contribution in [1.29, 1.82) is 0 Å². The topological polar surface area (TPSA) is 26.3 Å². The van der Waals surface area contributed by atoms with Gasteiger partial charge in [0, 0.05) is 11.4 Å². The fraction of sp³-hybridized carbons (Fsp3) is 0.500. The fourth-order valence-electron chi connectivity index (χ4n) is 2.29. The van der Waals surface area contributed by atoms with E-state index in [9.17, 15) is 4.79 Å². The molecule has 92 valence electrons. The van der Waals surface area contributed by atoms with Crippen LogP contribution in [-0.4, -0.2) is 12.4 Å². The van der Waals surface area contributed by atoms with Crippen molar-refractivity contribution >= 4 is 17.4 Å². The number of rotatable bonds is 5. The van der Waals surface area contributed by atoms with Crippen molar-refractivity contribution in [3.05, 3.63) is 29.3 Å². The predicted molar refractivity (Wildman–Crippen MR) is 68.5 cm³/mol. The van der Waals surface area contributed by atoms with Crippen molar-refractivity contribution in [3.8, 4) is 5.75 Å². The van der Waals surface area contributed by atoms with Gasteiger partial charge in [0.25, 0.3) is 0 Å². The third kappa shape index (κ3) is 4.04. The van der Waals surface area contributed by atoms with Crippen molar-refractivity contribution in [1.82, 2.24) is 0 Å². The Morgan fingerprint density at radius 2 is 1.88 bits per heavy atom. The monoisotopic (exact) mass is 252 g/mol. The molecule has 1 aromatic rings. The van der Waals surface area contributed by atoms with Crippen LogP contribution >= 0.6 is 11.6 Å². The molecule has 0 saturated heterocycles. The van der Waals surface area contributed by atoms with Crippen molar-refractivity contribution in [2.45, 2.75) is 32.1 Å². The predicted octanol–water partition coefficient (Wildman–Crippen LogP) is 3.87. The summed E-state index contributed by atoms with van der Waals surface area (Å²) < 4.78 is 5.42. The first kappa shape index (κ1) is 12.4. The van der Waals surface area contributed by atoms with Gasteiger partial charge in [-0.25, -0.2) is 0 Å². The maximum atomic E-state index is 11.7. The Balaban J connectivity index is 1.73. The zero-order chi connectivity index (χ0) is 12.1. The summed E-state index contributed by atoms with van der Waals surface area (Å²) in [6.45, 7) is 0.179. The number of ketones is 1. The summed E-state index contributed by atoms with van der Waals surface area (Å²) in [4.78, 5) is 11.7. The summed E-state index contributed by atoms with van der Waals surface area (Å²) in [6.07, 6.45) is 5.62. The van der Waals surface area contributed by atoms with Crippen molar-refractivity contribution in [2.75, 3.05) is 6.61 Å². The van der Waals surface area contributed by atoms with Gasteiger partial charge in [-0.05, 0) is 30.2 Å². The minimum Gasteiger partial charge on any atom is -0.486 e. The van der Waals surface area contributed by atoms with E-state index in [1.807, 2.05) is 0 Å². The van der Waals surface area contributed by atoms with Crippen LogP contribution in [0.4, 0.5) is 0 Å². The fourth-order valence-corrected chi connectivity index (χ4v) is 2.42. The Bertz CT molecular complexity index is 366. The van der Waals surface area contributed by atoms with E-state index in [4.69, 9.17) is 16.3 Å². The van der Waals surface area contributed by atoms with E-state index in [2.05, 4.69) is 0 Å². The molecule has 0 unspecified atom stereocenters. The van der Waals surface area contributed by atoms with Gasteiger partial charge in [0.15, 0.2) is 5.78 Å². The van der Waals surface area contributed by atoms with E-state index >= 15 is 0 Å². The second kappa shape index (κ2) is 6.06. The lowest BCUT2D eigenvalue weighted by Crippen LogP contribution is -2.14. The van der Waals surface area contributed by atoms with E-state index in [0.717, 1.165) is 0 Å². The molecule has 0 bridgehead atoms. The van der Waals surface area contributed by atoms with E-state index in [1.54, 1.807) is 24.3 Å². The normalized spacial score (nSPS) is 16.1. The smallest absolute Gasteiger partial charge is 0.170 e. The molecule has 2 nitrogen and oxygen atoms in total. The van der Waals surface area contributed by atoms with Crippen LogP contribution in [-0.2, 0) is 4.79 Å². The zero-order valence-corrected chi connectivity index (χ0v) is 10.6. The molecule has 1 fully saturated rings. The average Bonchev–Trinajstić information content (AvgIpc) is 2.81. The molecule has 17 heavy (non-hydrogen) atoms. The minimum atomic E-state index is 0.179. The SMILES string of the molecule is O=C(COc1ccc(Cl)cc1)CC1CCCC1. The average molecular weight is 253 g/mol. The summed E-state index contributed by atoms with van der Waals surface area (Å²) in [5.41, 5.74) is 0. The lowest BCUT2D eigenvalue weighted by molar-refractivity contribution is -0.121. The van der Waals surface area contributed by atoms with Crippen LogP contribution in [0.1, 0.15) is 32.1 Å². The molecule has 0 spiro atoms. The van der Waals surface area contributed by atoms with Crippen molar-refractivity contribution in [2.24, 2.45) is 5.92 Å². The Kier molecular flexibility index (Phi) is 4.43. The lowest BCUT2D eigenvalue weighted by Gasteiger charge is -2.09. The molecule has 0 heterocycles. The number of halogens is 1. The van der Waals surface area contributed by atoms with Gasteiger partial charge in [-0.1, -0.05) is 37.3 Å². The molecule has 0 aliphatic heterocycles. The lowest BCUT2D eigenvalue weighted by atomic mass is 10.0. The largest absolute Gasteiger partial charge is 0.486 e. The maximum Gasteiger partial charge on any atom is 0.170 e. The van der Waals surface area contributed by atoms with Gasteiger partial charge in [0.1, 0.15) is 12.4 Å². The van der Waals surface area contributed by atoms with Gasteiger partial charge in [-0.2, -0.15) is 0 Å². The van der Waals surface area contributed by atoms with Crippen molar-refractivity contribution < 1.29 is 9.53 Å². The molecule has 0 aromatic heterocycles. The second-order valence-corrected chi connectivity index (χ2v) is 5.07. The number of Topliss-reactive ketones (excluding diaryl/α,β-unsaturated/α-hetero) is 1. The molecule has 0 atom stereocenters. The number of carbonyl (C=O) groups excluding carboxylic acids is 1. The van der Waals surface area contributed by atoms with E-state index in [1.165, 1.54) is 25.7 Å². The van der Waals surface area contributed by atoms with Crippen LogP contribution in [0.3, 0.4) is 0 Å². The molecular formula is C14H17ClO2. The highest BCUT2D eigenvalue weighted by molar-refractivity contribution is 6.30. The van der Waals surface area contributed by atoms with Crippen molar-refractivity contribution in [3.63, 3.8) is 0 Å². The summed E-state index contributed by atoms with van der Waals surface area (Å²) in [6, 6.07) is 7.09. The molecule has 0 N–H and O–H groups in total. The standard InChI is InChI=1S/C14H17ClO2/c15-12-5-7-14(8-6-12)17-10-13(16)9-11-3-1-2-4-11/h5-8,11H,1-4,9-10H2. The van der Waals surface area contributed by atoms with Crippen LogP contribution in [0, 0.1) is 5.92 Å². The van der Waals surface area contributed by atoms with Gasteiger partial charge in [-0.15, -0.1) is 0 Å². The summed E-state index contributed by atoms with van der Waals surface area (Å²) in [7, 11) is 0. The van der Waals surface area contributed by atoms with E-state index in [-0.39, 0.29) is 12.4 Å². The molecule has 0 amide bonds. The first-order valence-corrected chi connectivity index (χ1v) is 6.52. The number of hydrogen-bond acceptors (Lipinski definition) is 2. The van der Waals surface area contributed by atoms with Crippen LogP contribution in [0.25, 0.3) is 0 Å². The number of ether oxygens (including phenoxy) is 1. The van der Waals surface area contributed by atoms with Gasteiger partial charge in [0.2, 0.25) is 0 Å². The number of carbonyl (C=O) groups is 1. The quantitative estimate of drug-likeness (QED) is 0.795. The maximum absolute atomic E-state index is 11.7. The zero-order valence-electron chi connectivity index (χ0n) is 9.82. The highest BCUT2D eigenvalue weighted by atomic mass is 35.5. The third-order valence-corrected chi connectivity index (χ3v) is 3.46. The number of benzene rings is 1. The Hall–Kier alpha value is -1.02. The Morgan fingerprint density at radius 3 is 2.53 bits per heavy atom. The Labute approximate surface area is 107 Å². The molecule has 1 aliphatic carbocycles. The Morgan fingerprint density at radius 1 is 1.24 bits per heavy atom. The van der Waals surface area contributed by atoms with Gasteiger partial charge in [0.05, 0.1) is 0 Å². The molecule has 1 saturated carbocycles. The highest BCUT2D eigenvalue weighted by Crippen LogP contribution is 2.27. The molecule has 1 aliphatic rings. The van der Waals surface area contributed by atoms with Gasteiger partial charge >= 0.3 is 0 Å². The first-order valence-electron chi connectivity index (χ1n) is 6.14. The molecule has 0 radical (unpaired) electrons. The summed E-state index contributed by atoms with van der Waals surface area (Å²) in [5, 5.41) is 0.676. The molecule has 3 heteroatoms. The van der Waals surface area contributed by atoms with Crippen LogP contribution < -0.4 is 4.74 Å². The molecule has 1 aromatic carbocycles. The van der Waals surface area contributed by atoms with E-state index < -0.39 is 0 Å². The van der Waals surface area contributed by atoms with Gasteiger partial charge in [-0.3, -0.25) is 4.79 Å². The highest BCUT2D eigenvalue weighted by Gasteiger charge is 2.18. The van der Waals surface area contributed by atoms with Crippen LogP contribution in [0.15, 0.2) is 24.3 Å². The third-order valence-electron chi connectivity index (χ3n) is 3.20. The molecular weight excluding hydrogens is 236 g/mol. The first-order chi connectivity index (χ1) is 8.24. The van der Waals surface area contributed by atoms with Crippen LogP contribution in [0.2, 0.25) is 5.02 Å². The van der Waals surface area contributed by atoms with E-state index in [0.29, 0.717) is 23.1 Å². The van der Waals surface area contributed by atoms with Gasteiger partial charge < -0.3 is 4.74 Å². The number of hydrogen-bond donors (Lipinski definition) is 0. The minimum absolute atomic E-state index is 0.179. The summed E-state index contributed by atoms with van der Waals surface area (Å²) >= 11 is 5.77. The van der Waals surface area contributed by atoms with Crippen LogP contribution in [0.5, 0.6) is 5.75 Å².